The number of anilines is 4. The van der Waals surface area contributed by atoms with Gasteiger partial charge in [-0.2, -0.15) is 0 Å². The number of benzene rings is 6. The van der Waals surface area contributed by atoms with Gasteiger partial charge in [-0.05, 0) is 166 Å². The highest BCUT2D eigenvalue weighted by atomic mass is 35.5. The minimum atomic E-state index is -0.529. The summed E-state index contributed by atoms with van der Waals surface area (Å²) in [5.74, 6) is 0.137. The molecular formula is C64H61Cl4F2N13O2. The summed E-state index contributed by atoms with van der Waals surface area (Å²) in [6, 6.07) is 37.5. The SMILES string of the molecule is CC(C)(C)OC(=O)N1CCC(n2cc([C@@H](Cc3ccc4ncnc(Nc5ccc(F)c(Cl)c5)c4c3)c3ccc(Cl)cc3)nn2)CC1.Fc1ccc(Nc2ncnc3ccc(C[C@@H](c4ccc(Cl)cc4)c4cn(C5CCCCC5)nn4)cc23)cc1Cl. The van der Waals surface area contributed by atoms with Crippen molar-refractivity contribution in [3.63, 3.8) is 0 Å². The van der Waals surface area contributed by atoms with Crippen molar-refractivity contribution < 1.29 is 18.3 Å². The monoisotopic (exact) mass is 1220 g/mol. The molecule has 1 saturated heterocycles. The van der Waals surface area contributed by atoms with E-state index in [1.165, 1.54) is 50.1 Å². The van der Waals surface area contributed by atoms with Crippen LogP contribution in [0.15, 0.2) is 146 Å². The number of amides is 1. The summed E-state index contributed by atoms with van der Waals surface area (Å²) in [5, 5.41) is 28.0. The molecule has 0 radical (unpaired) electrons. The Bertz CT molecular complexity index is 3960. The zero-order valence-electron chi connectivity index (χ0n) is 46.9. The van der Waals surface area contributed by atoms with E-state index < -0.39 is 17.2 Å². The summed E-state index contributed by atoms with van der Waals surface area (Å²) in [6.07, 6.45) is 15.8. The molecule has 0 spiro atoms. The zero-order chi connectivity index (χ0) is 59.2. The van der Waals surface area contributed by atoms with Gasteiger partial charge in [-0.1, -0.05) is 112 Å². The third-order valence-electron chi connectivity index (χ3n) is 15.4. The predicted octanol–water partition coefficient (Wildman–Crippen LogP) is 16.6. The predicted molar refractivity (Wildman–Crippen MR) is 331 cm³/mol. The van der Waals surface area contributed by atoms with Crippen molar-refractivity contribution in [3.05, 3.63) is 212 Å². The van der Waals surface area contributed by atoms with Crippen LogP contribution in [0.4, 0.5) is 36.6 Å². The van der Waals surface area contributed by atoms with E-state index in [1.807, 2.05) is 86.2 Å². The molecule has 12 rings (SSSR count). The summed E-state index contributed by atoms with van der Waals surface area (Å²) < 4.78 is 37.0. The Morgan fingerprint density at radius 2 is 1.02 bits per heavy atom. The Morgan fingerprint density at radius 1 is 0.576 bits per heavy atom. The summed E-state index contributed by atoms with van der Waals surface area (Å²) in [7, 11) is 0. The second-order valence-corrected chi connectivity index (χ2v) is 24.2. The van der Waals surface area contributed by atoms with Crippen LogP contribution in [-0.4, -0.2) is 79.6 Å². The van der Waals surface area contributed by atoms with Crippen LogP contribution >= 0.6 is 46.4 Å². The van der Waals surface area contributed by atoms with Gasteiger partial charge in [-0.25, -0.2) is 42.9 Å². The molecule has 2 fully saturated rings. The van der Waals surface area contributed by atoms with E-state index in [1.54, 1.807) is 23.1 Å². The van der Waals surface area contributed by atoms with Crippen molar-refractivity contribution in [3.8, 4) is 0 Å². The maximum atomic E-state index is 13.7. The molecule has 10 aromatic rings. The number of nitrogens with one attached hydrogen (secondary N) is 2. The van der Waals surface area contributed by atoms with Gasteiger partial charge in [0.1, 0.15) is 41.5 Å². The molecule has 4 aromatic heterocycles. The number of ether oxygens (including phenoxy) is 1. The molecule has 1 amide bonds. The highest BCUT2D eigenvalue weighted by Gasteiger charge is 2.30. The van der Waals surface area contributed by atoms with Crippen molar-refractivity contribution in [2.45, 2.75) is 108 Å². The quantitative estimate of drug-likeness (QED) is 0.106. The highest BCUT2D eigenvalue weighted by Crippen LogP contribution is 2.36. The number of likely N-dealkylation sites (tertiary alicyclic amines) is 1. The first-order valence-corrected chi connectivity index (χ1v) is 29.8. The topological polar surface area (TPSA) is 167 Å². The number of carbonyl (C=O) groups is 1. The molecule has 15 nitrogen and oxygen atoms in total. The Balaban J connectivity index is 0.000000179. The minimum absolute atomic E-state index is 0.00555. The molecule has 436 valence electrons. The third kappa shape index (κ3) is 14.6. The first-order chi connectivity index (χ1) is 41.0. The normalized spacial score (nSPS) is 14.9. The number of carbonyl (C=O) groups excluding carboxylic acids is 1. The average molecular weight is 1220 g/mol. The Morgan fingerprint density at radius 3 is 1.46 bits per heavy atom. The molecule has 5 heterocycles. The van der Waals surface area contributed by atoms with E-state index in [4.69, 9.17) is 51.1 Å². The number of aromatic nitrogens is 10. The molecule has 1 aliphatic heterocycles. The minimum Gasteiger partial charge on any atom is -0.444 e. The van der Waals surface area contributed by atoms with E-state index in [0.717, 1.165) is 81.1 Å². The molecule has 2 aliphatic rings. The van der Waals surface area contributed by atoms with Crippen molar-refractivity contribution in [1.29, 1.82) is 0 Å². The Labute approximate surface area is 511 Å². The smallest absolute Gasteiger partial charge is 0.410 e. The molecular weight excluding hydrogens is 1160 g/mol. The van der Waals surface area contributed by atoms with Crippen LogP contribution in [0.3, 0.4) is 0 Å². The summed E-state index contributed by atoms with van der Waals surface area (Å²) in [6.45, 7) is 6.80. The van der Waals surface area contributed by atoms with Gasteiger partial charge in [0.25, 0.3) is 0 Å². The molecule has 1 saturated carbocycles. The van der Waals surface area contributed by atoms with Gasteiger partial charge in [0.2, 0.25) is 0 Å². The van der Waals surface area contributed by atoms with Gasteiger partial charge in [0, 0.05) is 69.5 Å². The number of halogens is 6. The molecule has 85 heavy (non-hydrogen) atoms. The summed E-state index contributed by atoms with van der Waals surface area (Å²) in [5.41, 5.74) is 8.39. The van der Waals surface area contributed by atoms with Crippen LogP contribution in [0.1, 0.15) is 123 Å². The van der Waals surface area contributed by atoms with E-state index in [-0.39, 0.29) is 34.0 Å². The molecule has 6 aromatic carbocycles. The van der Waals surface area contributed by atoms with Gasteiger partial charge >= 0.3 is 6.09 Å². The number of hydrogen-bond donors (Lipinski definition) is 2. The fraction of sp³-hybridized carbons (Fsp3) is 0.297. The number of piperidine rings is 1. The van der Waals surface area contributed by atoms with E-state index in [0.29, 0.717) is 65.0 Å². The lowest BCUT2D eigenvalue weighted by Crippen LogP contribution is -2.42. The lowest BCUT2D eigenvalue weighted by atomic mass is 9.89. The fourth-order valence-electron chi connectivity index (χ4n) is 11.0. The molecule has 21 heteroatoms. The Kier molecular flexibility index (Phi) is 18.2. The van der Waals surface area contributed by atoms with Crippen LogP contribution < -0.4 is 10.6 Å². The lowest BCUT2D eigenvalue weighted by molar-refractivity contribution is 0.0184. The van der Waals surface area contributed by atoms with Gasteiger partial charge in [0.05, 0.1) is 44.6 Å². The van der Waals surface area contributed by atoms with Crippen molar-refractivity contribution in [1.82, 2.24) is 54.8 Å². The molecule has 2 atom stereocenters. The van der Waals surface area contributed by atoms with Crippen molar-refractivity contribution >= 4 is 97.3 Å². The average Bonchev–Trinajstić information content (AvgIpc) is 3.50. The van der Waals surface area contributed by atoms with Gasteiger partial charge in [-0.15, -0.1) is 10.2 Å². The van der Waals surface area contributed by atoms with Gasteiger partial charge in [-0.3, -0.25) is 0 Å². The van der Waals surface area contributed by atoms with Crippen LogP contribution in [0.5, 0.6) is 0 Å². The molecule has 2 N–H and O–H groups in total. The summed E-state index contributed by atoms with van der Waals surface area (Å²) in [4.78, 5) is 32.1. The van der Waals surface area contributed by atoms with Gasteiger partial charge in [0.15, 0.2) is 0 Å². The second-order valence-electron chi connectivity index (χ2n) is 22.5. The first-order valence-electron chi connectivity index (χ1n) is 28.3. The standard InChI is InChI=1S/C34H34Cl2FN7O2.C30H27Cl2FN6/c1-34(2,3)46-33(45)43-14-12-25(13-15-43)44-19-31(41-42-44)26(22-5-7-23(35)8-6-22)16-21-4-11-30-27(17-21)32(39-20-38-30)40-24-9-10-29(37)28(36)18-24;31-21-9-7-20(8-10-21)24(29-17-39(38-37-29)23-4-2-1-3-5-23)14-19-6-13-28-25(15-19)30(35-18-34-28)36-22-11-12-27(33)26(32)16-22/h4-11,17-20,25-26H,12-16H2,1-3H3,(H,38,39,40);6-13,15-18,23-24H,1-5,14H2,(H,34,35,36)/t26-;24-/m00/s1. The zero-order valence-corrected chi connectivity index (χ0v) is 50.0. The lowest BCUT2D eigenvalue weighted by Gasteiger charge is -2.33. The molecule has 1 aliphatic carbocycles. The molecule has 0 bridgehead atoms. The maximum absolute atomic E-state index is 13.7. The van der Waals surface area contributed by atoms with Crippen LogP contribution in [0.2, 0.25) is 20.1 Å². The number of rotatable bonds is 14. The van der Waals surface area contributed by atoms with Crippen LogP contribution in [0.25, 0.3) is 21.8 Å². The van der Waals surface area contributed by atoms with E-state index >= 15 is 0 Å². The maximum Gasteiger partial charge on any atom is 0.410 e. The number of nitrogens with zero attached hydrogens (tertiary/aromatic N) is 11. The first kappa shape index (κ1) is 58.9. The Hall–Kier alpha value is -7.83. The highest BCUT2D eigenvalue weighted by molar-refractivity contribution is 6.31. The van der Waals surface area contributed by atoms with Gasteiger partial charge < -0.3 is 20.3 Å². The van der Waals surface area contributed by atoms with Crippen molar-refractivity contribution in [2.24, 2.45) is 0 Å². The third-order valence-corrected chi connectivity index (χ3v) is 16.5. The fourth-order valence-corrected chi connectivity index (χ4v) is 11.6. The van der Waals surface area contributed by atoms with E-state index in [9.17, 15) is 13.6 Å². The molecule has 0 unspecified atom stereocenters. The van der Waals surface area contributed by atoms with Crippen LogP contribution in [0, 0.1) is 11.6 Å². The summed E-state index contributed by atoms with van der Waals surface area (Å²) >= 11 is 24.5. The largest absolute Gasteiger partial charge is 0.444 e. The van der Waals surface area contributed by atoms with Crippen molar-refractivity contribution in [2.75, 3.05) is 23.7 Å². The number of hydrogen-bond acceptors (Lipinski definition) is 12. The van der Waals surface area contributed by atoms with Crippen LogP contribution in [-0.2, 0) is 17.6 Å². The number of fused-ring (bicyclic) bond motifs is 2. The van der Waals surface area contributed by atoms with E-state index in [2.05, 4.69) is 92.4 Å². The second kappa shape index (κ2) is 26.2.